The maximum Gasteiger partial charge on any atom is 0.101 e. The number of nitrogens with zero attached hydrogens (tertiary/aromatic N) is 5. The first-order valence-electron chi connectivity index (χ1n) is 12.0. The molecule has 7 heteroatoms. The molecule has 3 aliphatic rings. The number of nitriles is 1. The predicted molar refractivity (Wildman–Crippen MR) is 134 cm³/mol. The van der Waals surface area contributed by atoms with E-state index < -0.39 is 0 Å². The molecule has 34 heavy (non-hydrogen) atoms. The van der Waals surface area contributed by atoms with Crippen LogP contribution in [0.3, 0.4) is 0 Å². The highest BCUT2D eigenvalue weighted by atomic mass is 16.5. The first kappa shape index (κ1) is 21.4. The second-order valence-corrected chi connectivity index (χ2v) is 9.81. The molecule has 0 saturated carbocycles. The van der Waals surface area contributed by atoms with Crippen molar-refractivity contribution in [1.29, 1.82) is 5.26 Å². The molecule has 174 valence electrons. The lowest BCUT2D eigenvalue weighted by Crippen LogP contribution is -2.51. The third-order valence-corrected chi connectivity index (χ3v) is 7.87. The minimum atomic E-state index is 0.0508. The molecule has 3 aliphatic heterocycles. The number of ether oxygens (including phenoxy) is 1. The molecule has 0 radical (unpaired) electrons. The van der Waals surface area contributed by atoms with Crippen molar-refractivity contribution in [1.82, 2.24) is 9.88 Å². The van der Waals surface area contributed by atoms with Gasteiger partial charge in [0.2, 0.25) is 0 Å². The number of methoxy groups -OCH3 is 1. The van der Waals surface area contributed by atoms with Crippen LogP contribution in [0.15, 0.2) is 48.7 Å². The van der Waals surface area contributed by atoms with E-state index in [0.29, 0.717) is 17.6 Å². The molecule has 7 nitrogen and oxygen atoms in total. The van der Waals surface area contributed by atoms with E-state index in [0.717, 1.165) is 49.3 Å². The van der Waals surface area contributed by atoms with E-state index in [1.165, 1.54) is 16.8 Å². The fourth-order valence-electron chi connectivity index (χ4n) is 6.09. The minimum absolute atomic E-state index is 0.0508. The third kappa shape index (κ3) is 3.33. The first-order chi connectivity index (χ1) is 16.6. The van der Waals surface area contributed by atoms with Crippen molar-refractivity contribution in [2.24, 2.45) is 5.73 Å². The van der Waals surface area contributed by atoms with E-state index in [9.17, 15) is 5.26 Å². The van der Waals surface area contributed by atoms with Crippen molar-refractivity contribution in [3.63, 3.8) is 0 Å². The van der Waals surface area contributed by atoms with E-state index in [2.05, 4.69) is 63.0 Å². The summed E-state index contributed by atoms with van der Waals surface area (Å²) < 4.78 is 5.56. The summed E-state index contributed by atoms with van der Waals surface area (Å²) in [6.45, 7) is 6.84. The number of fused-ring (bicyclic) bond motifs is 4. The van der Waals surface area contributed by atoms with Gasteiger partial charge in [-0.15, -0.1) is 0 Å². The van der Waals surface area contributed by atoms with Crippen molar-refractivity contribution in [2.75, 3.05) is 43.1 Å². The van der Waals surface area contributed by atoms with Gasteiger partial charge in [0.15, 0.2) is 0 Å². The van der Waals surface area contributed by atoms with Crippen LogP contribution in [0.4, 0.5) is 11.4 Å². The molecular formula is C27H30N6O. The van der Waals surface area contributed by atoms with Gasteiger partial charge in [-0.05, 0) is 54.4 Å². The summed E-state index contributed by atoms with van der Waals surface area (Å²) in [4.78, 5) is 12.0. The fourth-order valence-corrected chi connectivity index (χ4v) is 6.09. The molecule has 4 atom stereocenters. The zero-order chi connectivity index (χ0) is 23.4. The molecule has 0 amide bonds. The number of piperazine rings is 1. The van der Waals surface area contributed by atoms with Crippen LogP contribution in [-0.4, -0.2) is 61.4 Å². The van der Waals surface area contributed by atoms with Crippen LogP contribution in [-0.2, 0) is 11.3 Å². The molecule has 2 saturated heterocycles. The Balaban J connectivity index is 1.31. The Labute approximate surface area is 200 Å². The van der Waals surface area contributed by atoms with E-state index in [-0.39, 0.29) is 12.1 Å². The number of rotatable bonds is 3. The van der Waals surface area contributed by atoms with Gasteiger partial charge in [-0.25, -0.2) is 0 Å². The molecule has 0 bridgehead atoms. The summed E-state index contributed by atoms with van der Waals surface area (Å²) in [6.07, 6.45) is 1.85. The molecule has 2 fully saturated rings. The van der Waals surface area contributed by atoms with E-state index in [1.807, 2.05) is 12.1 Å². The standard InChI is InChI=1S/C27H30N6O/c1-17-12-32(24-8-5-18(11-28)27-22(24)4-3-9-30-27)15-25-21-7-6-20(10-19(21)13-33(17)25)31-14-23(29)26(16-31)34-2/h3-10,17,23,25-26H,12-16,29H2,1-2H3/t17-,23+,25?,26+/m1/s1. The van der Waals surface area contributed by atoms with Gasteiger partial charge in [0, 0.05) is 68.8 Å². The lowest BCUT2D eigenvalue weighted by atomic mass is 9.99. The maximum absolute atomic E-state index is 9.53. The van der Waals surface area contributed by atoms with Crippen molar-refractivity contribution in [3.8, 4) is 6.07 Å². The smallest absolute Gasteiger partial charge is 0.101 e. The number of benzene rings is 2. The van der Waals surface area contributed by atoms with E-state index in [1.54, 1.807) is 13.3 Å². The number of hydrogen-bond donors (Lipinski definition) is 1. The average molecular weight is 455 g/mol. The second-order valence-electron chi connectivity index (χ2n) is 9.81. The van der Waals surface area contributed by atoms with Gasteiger partial charge in [0.1, 0.15) is 6.07 Å². The van der Waals surface area contributed by atoms with E-state index >= 15 is 0 Å². The molecule has 2 aromatic carbocycles. The van der Waals surface area contributed by atoms with Crippen molar-refractivity contribution in [3.05, 3.63) is 65.4 Å². The van der Waals surface area contributed by atoms with Gasteiger partial charge < -0.3 is 20.3 Å². The van der Waals surface area contributed by atoms with Crippen LogP contribution in [0, 0.1) is 11.3 Å². The van der Waals surface area contributed by atoms with E-state index in [4.69, 9.17) is 10.5 Å². The van der Waals surface area contributed by atoms with Crippen LogP contribution in [0.2, 0.25) is 0 Å². The SMILES string of the molecule is CO[C@H]1CN(c2ccc3c(c2)CN2C3CN(c3ccc(C#N)c4ncccc34)C[C@H]2C)C[C@@H]1N. The number of anilines is 2. The van der Waals surface area contributed by atoms with Gasteiger partial charge in [-0.3, -0.25) is 9.88 Å². The Hall–Kier alpha value is -3.18. The zero-order valence-corrected chi connectivity index (χ0v) is 19.7. The number of nitrogens with two attached hydrogens (primary N) is 1. The number of aromatic nitrogens is 1. The van der Waals surface area contributed by atoms with Crippen molar-refractivity contribution >= 4 is 22.3 Å². The Morgan fingerprint density at radius 3 is 2.76 bits per heavy atom. The molecule has 3 aromatic rings. The minimum Gasteiger partial charge on any atom is -0.378 e. The lowest BCUT2D eigenvalue weighted by Gasteiger charge is -2.43. The molecule has 0 aliphatic carbocycles. The Bertz CT molecular complexity index is 1290. The summed E-state index contributed by atoms with van der Waals surface area (Å²) in [6, 6.07) is 18.1. The summed E-state index contributed by atoms with van der Waals surface area (Å²) >= 11 is 0. The van der Waals surface area contributed by atoms with Gasteiger partial charge >= 0.3 is 0 Å². The van der Waals surface area contributed by atoms with Crippen LogP contribution >= 0.6 is 0 Å². The maximum atomic E-state index is 9.53. The highest BCUT2D eigenvalue weighted by molar-refractivity contribution is 5.95. The summed E-state index contributed by atoms with van der Waals surface area (Å²) in [5, 5.41) is 10.6. The summed E-state index contributed by atoms with van der Waals surface area (Å²) in [7, 11) is 1.75. The van der Waals surface area contributed by atoms with Crippen LogP contribution in [0.1, 0.15) is 29.7 Å². The summed E-state index contributed by atoms with van der Waals surface area (Å²) in [5.41, 5.74) is 12.9. The van der Waals surface area contributed by atoms with Crippen molar-refractivity contribution in [2.45, 2.75) is 37.7 Å². The third-order valence-electron chi connectivity index (χ3n) is 7.87. The predicted octanol–water partition coefficient (Wildman–Crippen LogP) is 3.03. The van der Waals surface area contributed by atoms with Gasteiger partial charge in [-0.1, -0.05) is 6.07 Å². The monoisotopic (exact) mass is 454 g/mol. The highest BCUT2D eigenvalue weighted by Crippen LogP contribution is 2.42. The zero-order valence-electron chi connectivity index (χ0n) is 19.7. The molecule has 6 rings (SSSR count). The highest BCUT2D eigenvalue weighted by Gasteiger charge is 2.40. The lowest BCUT2D eigenvalue weighted by molar-refractivity contribution is 0.108. The summed E-state index contributed by atoms with van der Waals surface area (Å²) in [5.74, 6) is 0. The Kier molecular flexibility index (Phi) is 5.18. The second kappa shape index (κ2) is 8.24. The van der Waals surface area contributed by atoms with Gasteiger partial charge in [0.05, 0.1) is 29.3 Å². The molecule has 4 heterocycles. The van der Waals surface area contributed by atoms with Crippen molar-refractivity contribution < 1.29 is 4.74 Å². The fraction of sp³-hybridized carbons (Fsp3) is 0.407. The van der Waals surface area contributed by atoms with Crippen LogP contribution in [0.5, 0.6) is 0 Å². The molecule has 2 N–H and O–H groups in total. The van der Waals surface area contributed by atoms with Crippen LogP contribution in [0.25, 0.3) is 10.9 Å². The quantitative estimate of drug-likeness (QED) is 0.651. The topological polar surface area (TPSA) is 81.7 Å². The molecule has 1 aromatic heterocycles. The Morgan fingerprint density at radius 2 is 1.97 bits per heavy atom. The average Bonchev–Trinajstić information content (AvgIpc) is 3.43. The number of pyridine rings is 1. The molecule has 1 unspecified atom stereocenters. The largest absolute Gasteiger partial charge is 0.378 e. The normalized spacial score (nSPS) is 26.5. The molecule has 0 spiro atoms. The Morgan fingerprint density at radius 1 is 1.09 bits per heavy atom. The number of hydrogen-bond acceptors (Lipinski definition) is 7. The van der Waals surface area contributed by atoms with Gasteiger partial charge in [0.25, 0.3) is 0 Å². The van der Waals surface area contributed by atoms with Gasteiger partial charge in [-0.2, -0.15) is 5.26 Å². The first-order valence-corrected chi connectivity index (χ1v) is 12.0. The molecular weight excluding hydrogens is 424 g/mol. The van der Waals surface area contributed by atoms with Crippen LogP contribution < -0.4 is 15.5 Å².